The van der Waals surface area contributed by atoms with Crippen LogP contribution in [0.1, 0.15) is 30.1 Å². The third-order valence-corrected chi connectivity index (χ3v) is 6.50. The summed E-state index contributed by atoms with van der Waals surface area (Å²) in [7, 11) is 0. The van der Waals surface area contributed by atoms with Gasteiger partial charge in [0.1, 0.15) is 6.10 Å². The van der Waals surface area contributed by atoms with Crippen LogP contribution in [0.3, 0.4) is 0 Å². The van der Waals surface area contributed by atoms with Crippen LogP contribution in [0.2, 0.25) is 0 Å². The van der Waals surface area contributed by atoms with E-state index in [1.165, 1.54) is 11.1 Å². The van der Waals surface area contributed by atoms with Crippen molar-refractivity contribution in [2.24, 2.45) is 0 Å². The SMILES string of the molecule is O=c1[nH]c2cccc(N3CCN(CCCCOC(c4ccccc4)c4ccccc4)CC3)c2o1. The summed E-state index contributed by atoms with van der Waals surface area (Å²) in [6, 6.07) is 26.8. The van der Waals surface area contributed by atoms with E-state index in [4.69, 9.17) is 9.15 Å². The van der Waals surface area contributed by atoms with E-state index in [1.54, 1.807) is 0 Å². The maximum absolute atomic E-state index is 11.6. The number of aromatic nitrogens is 1. The molecule has 0 unspecified atom stereocenters. The first-order valence-corrected chi connectivity index (χ1v) is 12.1. The molecular formula is C28H31N3O3. The van der Waals surface area contributed by atoms with Gasteiger partial charge >= 0.3 is 5.76 Å². The van der Waals surface area contributed by atoms with E-state index in [0.717, 1.165) is 63.4 Å². The highest BCUT2D eigenvalue weighted by Crippen LogP contribution is 2.27. The number of nitrogens with zero attached hydrogens (tertiary/aromatic N) is 2. The lowest BCUT2D eigenvalue weighted by atomic mass is 10.0. The van der Waals surface area contributed by atoms with Gasteiger partial charge in [-0.15, -0.1) is 0 Å². The van der Waals surface area contributed by atoms with Crippen LogP contribution in [-0.2, 0) is 4.74 Å². The van der Waals surface area contributed by atoms with Gasteiger partial charge < -0.3 is 14.1 Å². The molecule has 1 N–H and O–H groups in total. The standard InChI is InChI=1S/C28H31N3O3/c32-28-29-24-14-9-15-25(27(24)34-28)31-19-17-30(18-20-31)16-7-8-21-33-26(22-10-3-1-4-11-22)23-12-5-2-6-13-23/h1-6,9-15,26H,7-8,16-21H2,(H,29,32). The first-order chi connectivity index (χ1) is 16.8. The number of hydrogen-bond donors (Lipinski definition) is 1. The smallest absolute Gasteiger partial charge is 0.406 e. The fourth-order valence-electron chi connectivity index (χ4n) is 4.70. The lowest BCUT2D eigenvalue weighted by Crippen LogP contribution is -2.46. The fourth-order valence-corrected chi connectivity index (χ4v) is 4.70. The summed E-state index contributed by atoms with van der Waals surface area (Å²) in [5.74, 6) is -0.398. The molecule has 1 aromatic heterocycles. The van der Waals surface area contributed by atoms with Crippen LogP contribution in [0.15, 0.2) is 88.1 Å². The van der Waals surface area contributed by atoms with E-state index < -0.39 is 5.76 Å². The minimum absolute atomic E-state index is 0.0258. The molecule has 0 radical (unpaired) electrons. The zero-order valence-electron chi connectivity index (χ0n) is 19.4. The van der Waals surface area contributed by atoms with Gasteiger partial charge in [0.05, 0.1) is 11.2 Å². The number of nitrogens with one attached hydrogen (secondary N) is 1. The number of oxazole rings is 1. The number of para-hydroxylation sites is 1. The third kappa shape index (κ3) is 5.24. The van der Waals surface area contributed by atoms with Gasteiger partial charge in [0.25, 0.3) is 0 Å². The lowest BCUT2D eigenvalue weighted by Gasteiger charge is -2.36. The second kappa shape index (κ2) is 10.7. The van der Waals surface area contributed by atoms with Crippen LogP contribution < -0.4 is 10.7 Å². The Morgan fingerprint density at radius 1 is 0.824 bits per heavy atom. The van der Waals surface area contributed by atoms with Gasteiger partial charge in [-0.2, -0.15) is 0 Å². The summed E-state index contributed by atoms with van der Waals surface area (Å²) >= 11 is 0. The number of piperazine rings is 1. The molecule has 0 saturated carbocycles. The van der Waals surface area contributed by atoms with Gasteiger partial charge in [-0.3, -0.25) is 9.88 Å². The molecule has 2 heterocycles. The Bertz CT molecular complexity index is 1190. The predicted molar refractivity (Wildman–Crippen MR) is 135 cm³/mol. The van der Waals surface area contributed by atoms with Crippen molar-refractivity contribution >= 4 is 16.8 Å². The minimum atomic E-state index is -0.398. The van der Waals surface area contributed by atoms with Crippen molar-refractivity contribution in [3.63, 3.8) is 0 Å². The van der Waals surface area contributed by atoms with E-state index in [9.17, 15) is 4.79 Å². The molecule has 0 spiro atoms. The molecule has 34 heavy (non-hydrogen) atoms. The maximum atomic E-state index is 11.6. The largest absolute Gasteiger partial charge is 0.417 e. The normalized spacial score (nSPS) is 14.8. The van der Waals surface area contributed by atoms with Gasteiger partial charge in [-0.1, -0.05) is 66.7 Å². The fraction of sp³-hybridized carbons (Fsp3) is 0.321. The minimum Gasteiger partial charge on any atom is -0.406 e. The summed E-state index contributed by atoms with van der Waals surface area (Å²) in [6.07, 6.45) is 2.12. The number of benzene rings is 3. The van der Waals surface area contributed by atoms with Crippen LogP contribution >= 0.6 is 0 Å². The van der Waals surface area contributed by atoms with E-state index in [1.807, 2.05) is 30.3 Å². The van der Waals surface area contributed by atoms with Crippen molar-refractivity contribution in [3.05, 3.63) is 101 Å². The van der Waals surface area contributed by atoms with Crippen LogP contribution in [0.5, 0.6) is 0 Å². The quantitative estimate of drug-likeness (QED) is 0.365. The van der Waals surface area contributed by atoms with Crippen molar-refractivity contribution < 1.29 is 9.15 Å². The molecular weight excluding hydrogens is 426 g/mol. The molecule has 0 amide bonds. The van der Waals surface area contributed by atoms with Crippen molar-refractivity contribution in [2.75, 3.05) is 44.2 Å². The average Bonchev–Trinajstić information content (AvgIpc) is 3.28. The molecule has 0 aliphatic carbocycles. The Morgan fingerprint density at radius 2 is 1.50 bits per heavy atom. The molecule has 6 nitrogen and oxygen atoms in total. The van der Waals surface area contributed by atoms with Gasteiger partial charge in [0, 0.05) is 32.8 Å². The van der Waals surface area contributed by atoms with Crippen molar-refractivity contribution in [3.8, 4) is 0 Å². The number of ether oxygens (including phenoxy) is 1. The number of rotatable bonds is 9. The number of anilines is 1. The Balaban J connectivity index is 1.09. The first-order valence-electron chi connectivity index (χ1n) is 12.1. The second-order valence-corrected chi connectivity index (χ2v) is 8.78. The summed E-state index contributed by atoms with van der Waals surface area (Å²) in [4.78, 5) is 19.2. The highest BCUT2D eigenvalue weighted by molar-refractivity contribution is 5.86. The molecule has 1 aliphatic heterocycles. The van der Waals surface area contributed by atoms with Crippen LogP contribution in [0, 0.1) is 0 Å². The molecule has 5 rings (SSSR count). The van der Waals surface area contributed by atoms with E-state index in [0.29, 0.717) is 5.58 Å². The van der Waals surface area contributed by atoms with Gasteiger partial charge in [-0.05, 0) is 42.6 Å². The number of fused-ring (bicyclic) bond motifs is 1. The molecule has 0 atom stereocenters. The van der Waals surface area contributed by atoms with Crippen LogP contribution in [-0.4, -0.2) is 49.2 Å². The van der Waals surface area contributed by atoms with E-state index >= 15 is 0 Å². The van der Waals surface area contributed by atoms with Crippen molar-refractivity contribution in [1.82, 2.24) is 9.88 Å². The Labute approximate surface area is 199 Å². The Kier molecular flexibility index (Phi) is 7.08. The molecule has 6 heteroatoms. The zero-order valence-corrected chi connectivity index (χ0v) is 19.4. The molecule has 3 aromatic carbocycles. The van der Waals surface area contributed by atoms with Crippen LogP contribution in [0.25, 0.3) is 11.1 Å². The van der Waals surface area contributed by atoms with E-state index in [-0.39, 0.29) is 6.10 Å². The summed E-state index contributed by atoms with van der Waals surface area (Å²) in [6.45, 7) is 5.67. The second-order valence-electron chi connectivity index (χ2n) is 8.78. The summed E-state index contributed by atoms with van der Waals surface area (Å²) in [5.41, 5.74) is 4.80. The molecule has 4 aromatic rings. The van der Waals surface area contributed by atoms with E-state index in [2.05, 4.69) is 63.3 Å². The first kappa shape index (κ1) is 22.4. The van der Waals surface area contributed by atoms with Gasteiger partial charge in [0.15, 0.2) is 5.58 Å². The van der Waals surface area contributed by atoms with Crippen LogP contribution in [0.4, 0.5) is 5.69 Å². The van der Waals surface area contributed by atoms with Gasteiger partial charge in [0.2, 0.25) is 0 Å². The molecule has 0 bridgehead atoms. The summed E-state index contributed by atoms with van der Waals surface area (Å²) in [5, 5.41) is 0. The van der Waals surface area contributed by atoms with Crippen molar-refractivity contribution in [1.29, 1.82) is 0 Å². The molecule has 1 aliphatic rings. The zero-order chi connectivity index (χ0) is 23.2. The highest BCUT2D eigenvalue weighted by atomic mass is 16.5. The average molecular weight is 458 g/mol. The molecule has 1 saturated heterocycles. The molecule has 176 valence electrons. The van der Waals surface area contributed by atoms with Gasteiger partial charge in [-0.25, -0.2) is 4.79 Å². The summed E-state index contributed by atoms with van der Waals surface area (Å²) < 4.78 is 11.7. The predicted octanol–water partition coefficient (Wildman–Crippen LogP) is 4.83. The highest BCUT2D eigenvalue weighted by Gasteiger charge is 2.20. The maximum Gasteiger partial charge on any atom is 0.417 e. The monoisotopic (exact) mass is 457 g/mol. The van der Waals surface area contributed by atoms with Crippen molar-refractivity contribution in [2.45, 2.75) is 18.9 Å². The third-order valence-electron chi connectivity index (χ3n) is 6.50. The number of hydrogen-bond acceptors (Lipinski definition) is 5. The lowest BCUT2D eigenvalue weighted by molar-refractivity contribution is 0.0751. The topological polar surface area (TPSA) is 61.7 Å². The number of H-pyrrole nitrogens is 1. The Hall–Kier alpha value is -3.35. The number of aromatic amines is 1. The molecule has 1 fully saturated rings. The number of unbranched alkanes of at least 4 members (excludes halogenated alkanes) is 1. The Morgan fingerprint density at radius 3 is 2.18 bits per heavy atom.